The summed E-state index contributed by atoms with van der Waals surface area (Å²) < 4.78 is 0. The number of carbonyl (C=O) groups excluding carboxylic acids is 1. The maximum absolute atomic E-state index is 11.9. The van der Waals surface area contributed by atoms with Crippen LogP contribution in [0.3, 0.4) is 0 Å². The second-order valence-corrected chi connectivity index (χ2v) is 5.17. The van der Waals surface area contributed by atoms with Crippen LogP contribution in [0.2, 0.25) is 5.15 Å². The summed E-state index contributed by atoms with van der Waals surface area (Å²) in [6.07, 6.45) is 0.939. The van der Waals surface area contributed by atoms with E-state index in [0.717, 1.165) is 12.3 Å². The van der Waals surface area contributed by atoms with Gasteiger partial charge in [-0.1, -0.05) is 25.4 Å². The van der Waals surface area contributed by atoms with E-state index in [9.17, 15) is 14.9 Å². The molecule has 2 N–H and O–H groups in total. The van der Waals surface area contributed by atoms with Crippen molar-refractivity contribution in [2.24, 2.45) is 5.41 Å². The molecule has 0 atom stereocenters. The molecule has 0 aliphatic carbocycles. The van der Waals surface area contributed by atoms with Gasteiger partial charge in [-0.2, -0.15) is 0 Å². The van der Waals surface area contributed by atoms with Crippen molar-refractivity contribution < 1.29 is 14.8 Å². The van der Waals surface area contributed by atoms with Gasteiger partial charge in [0, 0.05) is 18.6 Å². The molecule has 0 saturated heterocycles. The first-order valence-electron chi connectivity index (χ1n) is 5.46. The third kappa shape index (κ3) is 4.15. The Morgan fingerprint density at radius 1 is 1.63 bits per heavy atom. The number of rotatable bonds is 5. The number of aliphatic hydroxyl groups excluding tert-OH is 1. The second-order valence-electron chi connectivity index (χ2n) is 4.79. The van der Waals surface area contributed by atoms with Crippen LogP contribution in [0.25, 0.3) is 0 Å². The SMILES string of the molecule is CC(C)(CO)CNC(=O)c1cc(Cl)ncc1[N+](=O)[O-]. The fourth-order valence-electron chi connectivity index (χ4n) is 1.22. The zero-order chi connectivity index (χ0) is 14.6. The van der Waals surface area contributed by atoms with Gasteiger partial charge in [-0.25, -0.2) is 4.98 Å². The number of aliphatic hydroxyl groups is 1. The lowest BCUT2D eigenvalue weighted by molar-refractivity contribution is -0.385. The van der Waals surface area contributed by atoms with Crippen molar-refractivity contribution in [1.29, 1.82) is 0 Å². The predicted octanol–water partition coefficient (Wildman–Crippen LogP) is 1.39. The van der Waals surface area contributed by atoms with Crippen molar-refractivity contribution >= 4 is 23.2 Å². The average molecular weight is 288 g/mol. The van der Waals surface area contributed by atoms with Crippen molar-refractivity contribution in [2.75, 3.05) is 13.2 Å². The first-order chi connectivity index (χ1) is 8.76. The number of nitro groups is 1. The lowest BCUT2D eigenvalue weighted by Crippen LogP contribution is -2.36. The first kappa shape index (κ1) is 15.3. The maximum Gasteiger partial charge on any atom is 0.300 e. The molecule has 8 heteroatoms. The minimum Gasteiger partial charge on any atom is -0.396 e. The Hall–Kier alpha value is -1.73. The van der Waals surface area contributed by atoms with E-state index in [2.05, 4.69) is 10.3 Å². The minimum atomic E-state index is -0.699. The van der Waals surface area contributed by atoms with Crippen LogP contribution in [0.15, 0.2) is 12.3 Å². The number of nitrogens with one attached hydrogen (secondary N) is 1. The molecule has 1 rings (SSSR count). The maximum atomic E-state index is 11.9. The number of amides is 1. The molecule has 0 aliphatic rings. The molecule has 1 aromatic heterocycles. The highest BCUT2D eigenvalue weighted by molar-refractivity contribution is 6.29. The van der Waals surface area contributed by atoms with Crippen molar-refractivity contribution in [3.63, 3.8) is 0 Å². The summed E-state index contributed by atoms with van der Waals surface area (Å²) in [6, 6.07) is 1.14. The van der Waals surface area contributed by atoms with Gasteiger partial charge in [0.05, 0.1) is 4.92 Å². The number of hydrogen-bond donors (Lipinski definition) is 2. The predicted molar refractivity (Wildman–Crippen MR) is 69.1 cm³/mol. The highest BCUT2D eigenvalue weighted by Crippen LogP contribution is 2.20. The lowest BCUT2D eigenvalue weighted by atomic mass is 9.95. The smallest absolute Gasteiger partial charge is 0.300 e. The van der Waals surface area contributed by atoms with E-state index in [1.165, 1.54) is 0 Å². The van der Waals surface area contributed by atoms with Gasteiger partial charge in [-0.05, 0) is 6.07 Å². The molecule has 0 bridgehead atoms. The molecule has 0 spiro atoms. The molecule has 0 fully saturated rings. The van der Waals surface area contributed by atoms with E-state index in [-0.39, 0.29) is 23.9 Å². The standard InChI is InChI=1S/C11H14ClN3O4/c1-11(2,6-16)5-14-10(17)7-3-9(12)13-4-8(7)15(18)19/h3-4,16H,5-6H2,1-2H3,(H,14,17). The van der Waals surface area contributed by atoms with Crippen LogP contribution < -0.4 is 5.32 Å². The Labute approximate surface area is 114 Å². The fraction of sp³-hybridized carbons (Fsp3) is 0.455. The molecule has 0 aromatic carbocycles. The molecular weight excluding hydrogens is 274 g/mol. The molecule has 0 radical (unpaired) electrons. The van der Waals surface area contributed by atoms with Gasteiger partial charge in [-0.3, -0.25) is 14.9 Å². The largest absolute Gasteiger partial charge is 0.396 e. The molecule has 0 aliphatic heterocycles. The van der Waals surface area contributed by atoms with E-state index in [0.29, 0.717) is 0 Å². The van der Waals surface area contributed by atoms with Crippen LogP contribution in [-0.4, -0.2) is 34.1 Å². The highest BCUT2D eigenvalue weighted by Gasteiger charge is 2.23. The van der Waals surface area contributed by atoms with Crippen LogP contribution in [0.1, 0.15) is 24.2 Å². The van der Waals surface area contributed by atoms with Crippen molar-refractivity contribution in [3.8, 4) is 0 Å². The van der Waals surface area contributed by atoms with Gasteiger partial charge < -0.3 is 10.4 Å². The van der Waals surface area contributed by atoms with Crippen molar-refractivity contribution in [3.05, 3.63) is 33.1 Å². The van der Waals surface area contributed by atoms with E-state index in [4.69, 9.17) is 16.7 Å². The van der Waals surface area contributed by atoms with Gasteiger partial charge >= 0.3 is 0 Å². The Bertz CT molecular complexity index is 505. The molecule has 0 saturated carbocycles. The number of nitrogens with zero attached hydrogens (tertiary/aromatic N) is 2. The van der Waals surface area contributed by atoms with Crippen molar-refractivity contribution in [2.45, 2.75) is 13.8 Å². The first-order valence-corrected chi connectivity index (χ1v) is 5.83. The van der Waals surface area contributed by atoms with E-state index < -0.39 is 21.9 Å². The Kier molecular flexibility index (Phi) is 4.79. The van der Waals surface area contributed by atoms with Crippen LogP contribution in [0, 0.1) is 15.5 Å². The topological polar surface area (TPSA) is 105 Å². The molecule has 1 heterocycles. The molecule has 104 valence electrons. The average Bonchev–Trinajstić information content (AvgIpc) is 2.35. The number of hydrogen-bond acceptors (Lipinski definition) is 5. The molecule has 0 unspecified atom stereocenters. The number of pyridine rings is 1. The van der Waals surface area contributed by atoms with Crippen LogP contribution in [-0.2, 0) is 0 Å². The van der Waals surface area contributed by atoms with E-state index in [1.54, 1.807) is 13.8 Å². The molecule has 19 heavy (non-hydrogen) atoms. The summed E-state index contributed by atoms with van der Waals surface area (Å²) in [5, 5.41) is 22.4. The number of carbonyl (C=O) groups is 1. The van der Waals surface area contributed by atoms with Crippen LogP contribution >= 0.6 is 11.6 Å². The molecular formula is C11H14ClN3O4. The summed E-state index contributed by atoms with van der Waals surface area (Å²) >= 11 is 5.63. The van der Waals surface area contributed by atoms with E-state index >= 15 is 0 Å². The second kappa shape index (κ2) is 5.94. The Balaban J connectivity index is 2.93. The summed E-state index contributed by atoms with van der Waals surface area (Å²) in [4.78, 5) is 25.6. The molecule has 1 aromatic rings. The normalized spacial score (nSPS) is 11.2. The third-order valence-corrected chi connectivity index (χ3v) is 2.65. The lowest BCUT2D eigenvalue weighted by Gasteiger charge is -2.21. The summed E-state index contributed by atoms with van der Waals surface area (Å²) in [7, 11) is 0. The Morgan fingerprint density at radius 2 is 2.26 bits per heavy atom. The van der Waals surface area contributed by atoms with Crippen LogP contribution in [0.5, 0.6) is 0 Å². The third-order valence-electron chi connectivity index (χ3n) is 2.45. The van der Waals surface area contributed by atoms with Crippen molar-refractivity contribution in [1.82, 2.24) is 10.3 Å². The van der Waals surface area contributed by atoms with E-state index in [1.807, 2.05) is 0 Å². The monoisotopic (exact) mass is 287 g/mol. The number of aromatic nitrogens is 1. The summed E-state index contributed by atoms with van der Waals surface area (Å²) in [6.45, 7) is 3.56. The highest BCUT2D eigenvalue weighted by atomic mass is 35.5. The fourth-order valence-corrected chi connectivity index (χ4v) is 1.38. The number of halogens is 1. The van der Waals surface area contributed by atoms with Gasteiger partial charge in [-0.15, -0.1) is 0 Å². The minimum absolute atomic E-state index is 0.00262. The van der Waals surface area contributed by atoms with Gasteiger partial charge in [0.15, 0.2) is 0 Å². The summed E-state index contributed by atoms with van der Waals surface area (Å²) in [5.74, 6) is -0.627. The molecule has 7 nitrogen and oxygen atoms in total. The van der Waals surface area contributed by atoms with Gasteiger partial charge in [0.1, 0.15) is 16.9 Å². The van der Waals surface area contributed by atoms with Gasteiger partial charge in [0.2, 0.25) is 0 Å². The summed E-state index contributed by atoms with van der Waals surface area (Å²) in [5.41, 5.74) is -1.08. The zero-order valence-corrected chi connectivity index (χ0v) is 11.3. The zero-order valence-electron chi connectivity index (χ0n) is 10.5. The quantitative estimate of drug-likeness (QED) is 0.484. The Morgan fingerprint density at radius 3 is 2.79 bits per heavy atom. The van der Waals surface area contributed by atoms with Gasteiger partial charge in [0.25, 0.3) is 11.6 Å². The molecule has 1 amide bonds. The van der Waals surface area contributed by atoms with Crippen LogP contribution in [0.4, 0.5) is 5.69 Å².